The molecular weight excluding hydrogens is 202 g/mol. The number of hydrogen-bond acceptors (Lipinski definition) is 4. The third-order valence-corrected chi connectivity index (χ3v) is 3.83. The van der Waals surface area contributed by atoms with Gasteiger partial charge in [0.15, 0.2) is 5.96 Å². The van der Waals surface area contributed by atoms with Crippen LogP contribution in [0.4, 0.5) is 0 Å². The lowest BCUT2D eigenvalue weighted by atomic mass is 9.78. The summed E-state index contributed by atoms with van der Waals surface area (Å²) in [4.78, 5) is 4.44. The summed E-state index contributed by atoms with van der Waals surface area (Å²) in [5.74, 6) is 0.991. The predicted molar refractivity (Wildman–Crippen MR) is 65.7 cm³/mol. The SMILES string of the molecule is CCC1(CNC2=NCCCN2)CCOCC1. The van der Waals surface area contributed by atoms with E-state index in [2.05, 4.69) is 22.5 Å². The van der Waals surface area contributed by atoms with Crippen molar-refractivity contribution in [1.29, 1.82) is 0 Å². The summed E-state index contributed by atoms with van der Waals surface area (Å²) in [7, 11) is 0. The molecule has 0 unspecified atom stereocenters. The Balaban J connectivity index is 1.83. The van der Waals surface area contributed by atoms with Gasteiger partial charge in [-0.05, 0) is 31.1 Å². The zero-order valence-corrected chi connectivity index (χ0v) is 10.2. The Bertz CT molecular complexity index is 247. The van der Waals surface area contributed by atoms with Crippen LogP contribution in [0, 0.1) is 5.41 Å². The highest BCUT2D eigenvalue weighted by molar-refractivity contribution is 5.80. The topological polar surface area (TPSA) is 45.7 Å². The number of hydrogen-bond donors (Lipinski definition) is 2. The summed E-state index contributed by atoms with van der Waals surface area (Å²) in [5, 5.41) is 6.77. The Morgan fingerprint density at radius 2 is 2.25 bits per heavy atom. The summed E-state index contributed by atoms with van der Waals surface area (Å²) in [6, 6.07) is 0. The molecule has 16 heavy (non-hydrogen) atoms. The van der Waals surface area contributed by atoms with Gasteiger partial charge in [-0.1, -0.05) is 6.92 Å². The van der Waals surface area contributed by atoms with Crippen LogP contribution >= 0.6 is 0 Å². The van der Waals surface area contributed by atoms with Crippen molar-refractivity contribution >= 4 is 5.96 Å². The lowest BCUT2D eigenvalue weighted by Gasteiger charge is -2.37. The zero-order valence-electron chi connectivity index (χ0n) is 10.2. The van der Waals surface area contributed by atoms with Gasteiger partial charge in [-0.3, -0.25) is 4.99 Å². The molecule has 0 bridgehead atoms. The van der Waals surface area contributed by atoms with E-state index >= 15 is 0 Å². The van der Waals surface area contributed by atoms with E-state index in [9.17, 15) is 0 Å². The minimum atomic E-state index is 0.417. The summed E-state index contributed by atoms with van der Waals surface area (Å²) in [6.07, 6.45) is 4.71. The molecule has 92 valence electrons. The first kappa shape index (κ1) is 11.7. The fraction of sp³-hybridized carbons (Fsp3) is 0.917. The molecule has 2 rings (SSSR count). The van der Waals surface area contributed by atoms with E-state index in [-0.39, 0.29) is 0 Å². The van der Waals surface area contributed by atoms with Gasteiger partial charge < -0.3 is 15.4 Å². The molecule has 0 amide bonds. The molecule has 2 aliphatic rings. The molecule has 1 fully saturated rings. The standard InChI is InChI=1S/C12H23N3O/c1-2-12(4-8-16-9-5-12)10-15-11-13-6-3-7-14-11/h2-10H2,1H3,(H2,13,14,15). The van der Waals surface area contributed by atoms with Crippen LogP contribution in [0.2, 0.25) is 0 Å². The highest BCUT2D eigenvalue weighted by Gasteiger charge is 2.30. The summed E-state index contributed by atoms with van der Waals surface area (Å²) in [6.45, 7) is 7.14. The first-order valence-electron chi connectivity index (χ1n) is 6.45. The number of aliphatic imine (C=N–C) groups is 1. The first-order valence-corrected chi connectivity index (χ1v) is 6.45. The van der Waals surface area contributed by atoms with Crippen molar-refractivity contribution in [3.8, 4) is 0 Å². The minimum absolute atomic E-state index is 0.417. The molecule has 0 aromatic heterocycles. The Kier molecular flexibility index (Phi) is 4.04. The van der Waals surface area contributed by atoms with Gasteiger partial charge in [0, 0.05) is 32.8 Å². The average molecular weight is 225 g/mol. The van der Waals surface area contributed by atoms with Crippen LogP contribution in [0.25, 0.3) is 0 Å². The van der Waals surface area contributed by atoms with E-state index in [4.69, 9.17) is 4.74 Å². The van der Waals surface area contributed by atoms with Gasteiger partial charge in [0.1, 0.15) is 0 Å². The molecular formula is C12H23N3O. The van der Waals surface area contributed by atoms with Gasteiger partial charge in [-0.2, -0.15) is 0 Å². The van der Waals surface area contributed by atoms with Gasteiger partial charge in [-0.15, -0.1) is 0 Å². The minimum Gasteiger partial charge on any atom is -0.381 e. The van der Waals surface area contributed by atoms with E-state index in [1.807, 2.05) is 0 Å². The molecule has 0 aliphatic carbocycles. The van der Waals surface area contributed by atoms with Crippen LogP contribution in [0.5, 0.6) is 0 Å². The van der Waals surface area contributed by atoms with Crippen LogP contribution < -0.4 is 10.6 Å². The van der Waals surface area contributed by atoms with Crippen LogP contribution in [0.1, 0.15) is 32.6 Å². The quantitative estimate of drug-likeness (QED) is 0.757. The number of nitrogens with zero attached hydrogens (tertiary/aromatic N) is 1. The highest BCUT2D eigenvalue weighted by atomic mass is 16.5. The van der Waals surface area contributed by atoms with Crippen LogP contribution in [-0.2, 0) is 4.74 Å². The van der Waals surface area contributed by atoms with Crippen molar-refractivity contribution in [1.82, 2.24) is 10.6 Å². The normalized spacial score (nSPS) is 24.4. The zero-order chi connectivity index (χ0) is 11.3. The summed E-state index contributed by atoms with van der Waals surface area (Å²) in [5.41, 5.74) is 0.417. The molecule has 0 aromatic rings. The van der Waals surface area contributed by atoms with Crippen molar-refractivity contribution in [3.63, 3.8) is 0 Å². The maximum absolute atomic E-state index is 5.44. The summed E-state index contributed by atoms with van der Waals surface area (Å²) >= 11 is 0. The van der Waals surface area contributed by atoms with E-state index < -0.39 is 0 Å². The Labute approximate surface area is 97.9 Å². The third-order valence-electron chi connectivity index (χ3n) is 3.83. The third kappa shape index (κ3) is 2.88. The van der Waals surface area contributed by atoms with Crippen molar-refractivity contribution in [2.75, 3.05) is 32.8 Å². The number of rotatable bonds is 3. The molecule has 0 radical (unpaired) electrons. The van der Waals surface area contributed by atoms with Crippen molar-refractivity contribution in [2.45, 2.75) is 32.6 Å². The van der Waals surface area contributed by atoms with Crippen molar-refractivity contribution in [2.24, 2.45) is 10.4 Å². The van der Waals surface area contributed by atoms with Crippen LogP contribution in [0.3, 0.4) is 0 Å². The summed E-state index contributed by atoms with van der Waals surface area (Å²) < 4.78 is 5.44. The molecule has 0 spiro atoms. The van der Waals surface area contributed by atoms with Crippen molar-refractivity contribution < 1.29 is 4.74 Å². The van der Waals surface area contributed by atoms with E-state index in [0.29, 0.717) is 5.41 Å². The molecule has 2 heterocycles. The lowest BCUT2D eigenvalue weighted by Crippen LogP contribution is -2.47. The maximum atomic E-state index is 5.44. The second-order valence-corrected chi connectivity index (χ2v) is 4.83. The van der Waals surface area contributed by atoms with Gasteiger partial charge in [0.2, 0.25) is 0 Å². The second-order valence-electron chi connectivity index (χ2n) is 4.83. The molecule has 0 saturated carbocycles. The molecule has 4 heteroatoms. The van der Waals surface area contributed by atoms with E-state index in [1.54, 1.807) is 0 Å². The largest absolute Gasteiger partial charge is 0.381 e. The van der Waals surface area contributed by atoms with Crippen LogP contribution in [-0.4, -0.2) is 38.8 Å². The Morgan fingerprint density at radius 1 is 1.44 bits per heavy atom. The van der Waals surface area contributed by atoms with E-state index in [1.165, 1.54) is 19.3 Å². The number of ether oxygens (including phenoxy) is 1. The van der Waals surface area contributed by atoms with Gasteiger partial charge in [-0.25, -0.2) is 0 Å². The molecule has 4 nitrogen and oxygen atoms in total. The highest BCUT2D eigenvalue weighted by Crippen LogP contribution is 2.33. The monoisotopic (exact) mass is 225 g/mol. The molecule has 0 atom stereocenters. The van der Waals surface area contributed by atoms with Gasteiger partial charge in [0.05, 0.1) is 0 Å². The average Bonchev–Trinajstić information content (AvgIpc) is 2.39. The predicted octanol–water partition coefficient (Wildman–Crippen LogP) is 1.13. The number of guanidine groups is 1. The molecule has 2 N–H and O–H groups in total. The lowest BCUT2D eigenvalue weighted by molar-refractivity contribution is 0.0148. The first-order chi connectivity index (χ1) is 7.85. The Morgan fingerprint density at radius 3 is 2.88 bits per heavy atom. The Hall–Kier alpha value is -0.770. The fourth-order valence-corrected chi connectivity index (χ4v) is 2.38. The maximum Gasteiger partial charge on any atom is 0.191 e. The number of nitrogens with one attached hydrogen (secondary N) is 2. The fourth-order valence-electron chi connectivity index (χ4n) is 2.38. The van der Waals surface area contributed by atoms with Gasteiger partial charge >= 0.3 is 0 Å². The smallest absolute Gasteiger partial charge is 0.191 e. The molecule has 1 saturated heterocycles. The van der Waals surface area contributed by atoms with Crippen molar-refractivity contribution in [3.05, 3.63) is 0 Å². The van der Waals surface area contributed by atoms with Crippen LogP contribution in [0.15, 0.2) is 4.99 Å². The molecule has 2 aliphatic heterocycles. The second kappa shape index (κ2) is 5.53. The van der Waals surface area contributed by atoms with E-state index in [0.717, 1.165) is 45.2 Å². The molecule has 0 aromatic carbocycles. The van der Waals surface area contributed by atoms with Gasteiger partial charge in [0.25, 0.3) is 0 Å².